The smallest absolute Gasteiger partial charge is 0.126 e. The van der Waals surface area contributed by atoms with E-state index in [9.17, 15) is 4.39 Å². The zero-order chi connectivity index (χ0) is 11.0. The van der Waals surface area contributed by atoms with Crippen molar-refractivity contribution in [2.45, 2.75) is 27.2 Å². The van der Waals surface area contributed by atoms with Crippen molar-refractivity contribution in [3.05, 3.63) is 40.8 Å². The van der Waals surface area contributed by atoms with E-state index in [1.54, 1.807) is 13.0 Å². The van der Waals surface area contributed by atoms with Crippen LogP contribution < -0.4 is 0 Å². The summed E-state index contributed by atoms with van der Waals surface area (Å²) in [6.07, 6.45) is 0.905. The molecule has 15 heavy (non-hydrogen) atoms. The first-order valence-electron chi connectivity index (χ1n) is 5.18. The number of aryl methyl sites for hydroxylation is 3. The van der Waals surface area contributed by atoms with Crippen LogP contribution in [-0.4, -0.2) is 4.98 Å². The molecule has 1 aromatic heterocycles. The van der Waals surface area contributed by atoms with E-state index in [1.807, 2.05) is 19.1 Å². The van der Waals surface area contributed by atoms with E-state index in [2.05, 4.69) is 11.9 Å². The second-order valence-electron chi connectivity index (χ2n) is 3.89. The van der Waals surface area contributed by atoms with Crippen molar-refractivity contribution < 1.29 is 4.39 Å². The van der Waals surface area contributed by atoms with Crippen molar-refractivity contribution in [2.75, 3.05) is 0 Å². The Morgan fingerprint density at radius 3 is 2.60 bits per heavy atom. The number of rotatable bonds is 1. The molecular weight excluding hydrogens is 189 g/mol. The fourth-order valence-electron chi connectivity index (χ4n) is 1.86. The Balaban J connectivity index is 2.84. The molecule has 1 nitrogen and oxygen atoms in total. The Morgan fingerprint density at radius 1 is 1.20 bits per heavy atom. The molecule has 0 aliphatic heterocycles. The molecule has 0 aliphatic rings. The number of hydrogen-bond acceptors (Lipinski definition) is 1. The Morgan fingerprint density at radius 2 is 1.93 bits per heavy atom. The van der Waals surface area contributed by atoms with Crippen LogP contribution in [0.2, 0.25) is 0 Å². The minimum atomic E-state index is -0.150. The van der Waals surface area contributed by atoms with Crippen molar-refractivity contribution in [1.82, 2.24) is 4.98 Å². The maximum atomic E-state index is 13.4. The van der Waals surface area contributed by atoms with Crippen molar-refractivity contribution in [3.8, 4) is 0 Å². The number of benzene rings is 1. The van der Waals surface area contributed by atoms with Crippen LogP contribution in [-0.2, 0) is 6.42 Å². The van der Waals surface area contributed by atoms with Gasteiger partial charge in [0.25, 0.3) is 0 Å². The highest BCUT2D eigenvalue weighted by Gasteiger charge is 2.06. The Bertz CT molecular complexity index is 517. The summed E-state index contributed by atoms with van der Waals surface area (Å²) in [6, 6.07) is 5.43. The molecule has 1 heterocycles. The van der Waals surface area contributed by atoms with Gasteiger partial charge in [0.15, 0.2) is 0 Å². The van der Waals surface area contributed by atoms with Gasteiger partial charge in [0.1, 0.15) is 5.82 Å². The van der Waals surface area contributed by atoms with Gasteiger partial charge in [0.05, 0.1) is 5.52 Å². The number of aromatic nitrogens is 1. The molecule has 0 spiro atoms. The Kier molecular flexibility index (Phi) is 2.43. The van der Waals surface area contributed by atoms with Gasteiger partial charge < -0.3 is 0 Å². The van der Waals surface area contributed by atoms with Gasteiger partial charge in [-0.3, -0.25) is 4.98 Å². The average molecular weight is 203 g/mol. The second-order valence-corrected chi connectivity index (χ2v) is 3.89. The zero-order valence-corrected chi connectivity index (χ0v) is 9.26. The van der Waals surface area contributed by atoms with Crippen LogP contribution >= 0.6 is 0 Å². The highest BCUT2D eigenvalue weighted by Crippen LogP contribution is 2.22. The Labute approximate surface area is 89.0 Å². The predicted octanol–water partition coefficient (Wildman–Crippen LogP) is 3.55. The number of halogens is 1. The molecule has 0 radical (unpaired) electrons. The maximum Gasteiger partial charge on any atom is 0.126 e. The summed E-state index contributed by atoms with van der Waals surface area (Å²) in [7, 11) is 0. The summed E-state index contributed by atoms with van der Waals surface area (Å²) in [5.74, 6) is -0.150. The molecule has 0 bridgehead atoms. The summed E-state index contributed by atoms with van der Waals surface area (Å²) >= 11 is 0. The first-order chi connectivity index (χ1) is 7.11. The third-order valence-corrected chi connectivity index (χ3v) is 2.68. The third kappa shape index (κ3) is 1.72. The molecule has 2 heteroatoms. The van der Waals surface area contributed by atoms with Crippen molar-refractivity contribution in [1.29, 1.82) is 0 Å². The Hall–Kier alpha value is -1.44. The lowest BCUT2D eigenvalue weighted by molar-refractivity contribution is 0.620. The van der Waals surface area contributed by atoms with Gasteiger partial charge in [-0.05, 0) is 49.6 Å². The summed E-state index contributed by atoms with van der Waals surface area (Å²) in [4.78, 5) is 4.42. The second kappa shape index (κ2) is 3.61. The standard InChI is InChI=1S/C13H14FN/c1-4-10-6-9(3)15-13-5-8(2)12(14)7-11(10)13/h5-7H,4H2,1-3H3. The minimum absolute atomic E-state index is 0.150. The predicted molar refractivity (Wildman–Crippen MR) is 60.6 cm³/mol. The van der Waals surface area contributed by atoms with E-state index in [1.165, 1.54) is 0 Å². The zero-order valence-electron chi connectivity index (χ0n) is 9.26. The van der Waals surface area contributed by atoms with E-state index in [-0.39, 0.29) is 5.82 Å². The first kappa shape index (κ1) is 10.1. The van der Waals surface area contributed by atoms with Gasteiger partial charge in [-0.25, -0.2) is 4.39 Å². The van der Waals surface area contributed by atoms with Gasteiger partial charge >= 0.3 is 0 Å². The molecule has 0 unspecified atom stereocenters. The van der Waals surface area contributed by atoms with Gasteiger partial charge in [-0.15, -0.1) is 0 Å². The number of hydrogen-bond donors (Lipinski definition) is 0. The summed E-state index contributed by atoms with van der Waals surface area (Å²) < 4.78 is 13.4. The quantitative estimate of drug-likeness (QED) is 0.690. The molecule has 0 saturated heterocycles. The van der Waals surface area contributed by atoms with E-state index >= 15 is 0 Å². The van der Waals surface area contributed by atoms with Crippen molar-refractivity contribution in [2.24, 2.45) is 0 Å². The van der Waals surface area contributed by atoms with E-state index in [4.69, 9.17) is 0 Å². The van der Waals surface area contributed by atoms with Crippen molar-refractivity contribution in [3.63, 3.8) is 0 Å². The fraction of sp³-hybridized carbons (Fsp3) is 0.308. The van der Waals surface area contributed by atoms with E-state index in [0.717, 1.165) is 28.6 Å². The van der Waals surface area contributed by atoms with E-state index < -0.39 is 0 Å². The number of nitrogens with zero attached hydrogens (tertiary/aromatic N) is 1. The normalized spacial score (nSPS) is 10.9. The highest BCUT2D eigenvalue weighted by molar-refractivity contribution is 5.83. The minimum Gasteiger partial charge on any atom is -0.253 e. The van der Waals surface area contributed by atoms with Gasteiger partial charge in [-0.2, -0.15) is 0 Å². The lowest BCUT2D eigenvalue weighted by Crippen LogP contribution is -1.93. The summed E-state index contributed by atoms with van der Waals surface area (Å²) in [5, 5.41) is 0.936. The topological polar surface area (TPSA) is 12.9 Å². The molecule has 0 amide bonds. The monoisotopic (exact) mass is 203 g/mol. The maximum absolute atomic E-state index is 13.4. The molecule has 0 N–H and O–H groups in total. The third-order valence-electron chi connectivity index (χ3n) is 2.68. The SMILES string of the molecule is CCc1cc(C)nc2cc(C)c(F)cc12. The molecule has 0 saturated carbocycles. The van der Waals surface area contributed by atoms with Crippen LogP contribution in [0.15, 0.2) is 18.2 Å². The summed E-state index contributed by atoms with van der Waals surface area (Å²) in [5.41, 5.74) is 3.70. The molecular formula is C13H14FN. The first-order valence-corrected chi connectivity index (χ1v) is 5.18. The molecule has 0 atom stereocenters. The lowest BCUT2D eigenvalue weighted by Gasteiger charge is -2.07. The van der Waals surface area contributed by atoms with Crippen LogP contribution in [0.4, 0.5) is 4.39 Å². The van der Waals surface area contributed by atoms with Gasteiger partial charge in [0.2, 0.25) is 0 Å². The van der Waals surface area contributed by atoms with Gasteiger partial charge in [0, 0.05) is 11.1 Å². The van der Waals surface area contributed by atoms with Crippen LogP contribution in [0.3, 0.4) is 0 Å². The molecule has 2 aromatic rings. The molecule has 78 valence electrons. The molecule has 0 fully saturated rings. The molecule has 2 rings (SSSR count). The van der Waals surface area contributed by atoms with Crippen molar-refractivity contribution >= 4 is 10.9 Å². The number of pyridine rings is 1. The average Bonchev–Trinajstić information content (AvgIpc) is 2.19. The lowest BCUT2D eigenvalue weighted by atomic mass is 10.0. The van der Waals surface area contributed by atoms with Crippen LogP contribution in [0.25, 0.3) is 10.9 Å². The van der Waals surface area contributed by atoms with Gasteiger partial charge in [-0.1, -0.05) is 6.92 Å². The molecule has 0 aliphatic carbocycles. The largest absolute Gasteiger partial charge is 0.253 e. The highest BCUT2D eigenvalue weighted by atomic mass is 19.1. The van der Waals surface area contributed by atoms with Crippen LogP contribution in [0, 0.1) is 19.7 Å². The van der Waals surface area contributed by atoms with E-state index in [0.29, 0.717) is 5.56 Å². The molecule has 1 aromatic carbocycles. The fourth-order valence-corrected chi connectivity index (χ4v) is 1.86. The van der Waals surface area contributed by atoms with Crippen LogP contribution in [0.5, 0.6) is 0 Å². The summed E-state index contributed by atoms with van der Waals surface area (Å²) in [6.45, 7) is 5.81. The number of fused-ring (bicyclic) bond motifs is 1. The van der Waals surface area contributed by atoms with Crippen LogP contribution in [0.1, 0.15) is 23.7 Å².